The molecule has 1 aromatic heterocycles. The van der Waals surface area contributed by atoms with E-state index in [0.717, 1.165) is 11.3 Å². The van der Waals surface area contributed by atoms with E-state index < -0.39 is 5.91 Å². The molecule has 2 heterocycles. The predicted octanol–water partition coefficient (Wildman–Crippen LogP) is 3.64. The van der Waals surface area contributed by atoms with E-state index >= 15 is 0 Å². The Morgan fingerprint density at radius 3 is 2.48 bits per heavy atom. The van der Waals surface area contributed by atoms with Gasteiger partial charge < -0.3 is 10.6 Å². The molecule has 3 aromatic rings. The summed E-state index contributed by atoms with van der Waals surface area (Å²) < 4.78 is 0. The van der Waals surface area contributed by atoms with E-state index in [9.17, 15) is 9.59 Å². The third kappa shape index (κ3) is 2.72. The highest BCUT2D eigenvalue weighted by molar-refractivity contribution is 7.12. The zero-order chi connectivity index (χ0) is 17.4. The van der Waals surface area contributed by atoms with Crippen LogP contribution in [0.25, 0.3) is 0 Å². The van der Waals surface area contributed by atoms with Gasteiger partial charge in [0.1, 0.15) is 0 Å². The van der Waals surface area contributed by atoms with E-state index in [1.54, 1.807) is 16.3 Å². The van der Waals surface area contributed by atoms with Gasteiger partial charge in [-0.2, -0.15) is 0 Å². The number of para-hydroxylation sites is 1. The Hall–Kier alpha value is -2.92. The molecule has 4 nitrogen and oxygen atoms in total. The second-order valence-corrected chi connectivity index (χ2v) is 6.91. The molecule has 25 heavy (non-hydrogen) atoms. The van der Waals surface area contributed by atoms with Gasteiger partial charge in [0.05, 0.1) is 10.4 Å². The van der Waals surface area contributed by atoms with Crippen molar-refractivity contribution in [1.29, 1.82) is 0 Å². The molecule has 0 radical (unpaired) electrons. The van der Waals surface area contributed by atoms with E-state index in [4.69, 9.17) is 5.73 Å². The van der Waals surface area contributed by atoms with Crippen LogP contribution >= 0.6 is 11.3 Å². The van der Waals surface area contributed by atoms with E-state index in [2.05, 4.69) is 18.2 Å². The van der Waals surface area contributed by atoms with Crippen LogP contribution in [0, 0.1) is 0 Å². The number of fused-ring (bicyclic) bond motifs is 1. The summed E-state index contributed by atoms with van der Waals surface area (Å²) in [6.45, 7) is 0.589. The number of thiophene rings is 1. The van der Waals surface area contributed by atoms with Crippen LogP contribution in [0.15, 0.2) is 66.0 Å². The van der Waals surface area contributed by atoms with Gasteiger partial charge in [0.15, 0.2) is 0 Å². The average Bonchev–Trinajstić information content (AvgIpc) is 3.27. The first-order chi connectivity index (χ1) is 12.1. The number of rotatable bonds is 3. The van der Waals surface area contributed by atoms with Crippen molar-refractivity contribution in [3.05, 3.63) is 87.6 Å². The van der Waals surface area contributed by atoms with Crippen LogP contribution in [0.1, 0.15) is 37.1 Å². The smallest absolute Gasteiger partial charge is 0.268 e. The molecule has 0 spiro atoms. The lowest BCUT2D eigenvalue weighted by Crippen LogP contribution is -2.29. The van der Waals surface area contributed by atoms with Crippen LogP contribution < -0.4 is 10.6 Å². The number of primary amides is 1. The third-order valence-electron chi connectivity index (χ3n) is 4.51. The highest BCUT2D eigenvalue weighted by Crippen LogP contribution is 2.40. The van der Waals surface area contributed by atoms with Crippen molar-refractivity contribution in [1.82, 2.24) is 0 Å². The number of anilines is 1. The molecule has 1 atom stereocenters. The minimum Gasteiger partial charge on any atom is -0.366 e. The fraction of sp³-hybridized carbons (Fsp3) is 0.100. The van der Waals surface area contributed by atoms with Crippen LogP contribution in [0.3, 0.4) is 0 Å². The second kappa shape index (κ2) is 6.18. The molecule has 5 heteroatoms. The lowest BCUT2D eigenvalue weighted by molar-refractivity contribution is 0.0992. The number of hydrogen-bond acceptors (Lipinski definition) is 3. The normalized spacial score (nSPS) is 15.8. The van der Waals surface area contributed by atoms with Crippen LogP contribution in [0.2, 0.25) is 0 Å². The molecule has 0 saturated heterocycles. The first kappa shape index (κ1) is 15.6. The number of benzene rings is 2. The van der Waals surface area contributed by atoms with Crippen LogP contribution in [-0.4, -0.2) is 18.4 Å². The summed E-state index contributed by atoms with van der Waals surface area (Å²) in [6.07, 6.45) is 0. The van der Waals surface area contributed by atoms with Gasteiger partial charge in [-0.1, -0.05) is 48.5 Å². The zero-order valence-corrected chi connectivity index (χ0v) is 14.2. The first-order valence-corrected chi connectivity index (χ1v) is 8.87. The molecule has 4 rings (SSSR count). The molecule has 124 valence electrons. The van der Waals surface area contributed by atoms with E-state index in [0.29, 0.717) is 17.0 Å². The maximum atomic E-state index is 13.0. The number of nitrogens with two attached hydrogens (primary N) is 1. The summed E-state index contributed by atoms with van der Waals surface area (Å²) in [5.41, 5.74) is 8.94. The SMILES string of the molecule is NC(=O)c1csc(C(=O)N2C[C@@H](c3ccccc3)c3ccccc32)c1. The fourth-order valence-corrected chi connectivity index (χ4v) is 4.12. The summed E-state index contributed by atoms with van der Waals surface area (Å²) >= 11 is 1.25. The quantitative estimate of drug-likeness (QED) is 0.785. The van der Waals surface area contributed by atoms with E-state index in [-0.39, 0.29) is 11.8 Å². The largest absolute Gasteiger partial charge is 0.366 e. The molecule has 1 aliphatic rings. The molecule has 0 fully saturated rings. The Balaban J connectivity index is 1.71. The molecule has 0 aliphatic carbocycles. The number of carbonyl (C=O) groups is 2. The topological polar surface area (TPSA) is 63.4 Å². The monoisotopic (exact) mass is 348 g/mol. The van der Waals surface area contributed by atoms with Crippen molar-refractivity contribution in [3.8, 4) is 0 Å². The lowest BCUT2D eigenvalue weighted by atomic mass is 9.93. The Bertz CT molecular complexity index is 949. The van der Waals surface area contributed by atoms with Gasteiger partial charge in [-0.3, -0.25) is 9.59 Å². The maximum Gasteiger partial charge on any atom is 0.268 e. The van der Waals surface area contributed by atoms with Gasteiger partial charge in [0.25, 0.3) is 5.91 Å². The van der Waals surface area contributed by atoms with Crippen molar-refractivity contribution in [2.45, 2.75) is 5.92 Å². The Labute approximate surface area is 149 Å². The zero-order valence-electron chi connectivity index (χ0n) is 13.4. The highest BCUT2D eigenvalue weighted by atomic mass is 32.1. The lowest BCUT2D eigenvalue weighted by Gasteiger charge is -2.17. The van der Waals surface area contributed by atoms with Crippen LogP contribution in [0.5, 0.6) is 0 Å². The van der Waals surface area contributed by atoms with Gasteiger partial charge in [-0.15, -0.1) is 11.3 Å². The van der Waals surface area contributed by atoms with Gasteiger partial charge in [0.2, 0.25) is 5.91 Å². The molecule has 1 aliphatic heterocycles. The third-order valence-corrected chi connectivity index (χ3v) is 5.43. The molecule has 2 amide bonds. The Kier molecular flexibility index (Phi) is 3.86. The minimum absolute atomic E-state index is 0.0941. The van der Waals surface area contributed by atoms with Gasteiger partial charge in [-0.25, -0.2) is 0 Å². The van der Waals surface area contributed by atoms with Gasteiger partial charge in [0, 0.05) is 23.5 Å². The summed E-state index contributed by atoms with van der Waals surface area (Å²) in [4.78, 5) is 26.6. The number of carbonyl (C=O) groups excluding carboxylic acids is 2. The van der Waals surface area contributed by atoms with E-state index in [1.165, 1.54) is 16.9 Å². The summed E-state index contributed by atoms with van der Waals surface area (Å²) in [5, 5.41) is 1.63. The summed E-state index contributed by atoms with van der Waals surface area (Å²) in [6, 6.07) is 19.8. The van der Waals surface area contributed by atoms with Crippen molar-refractivity contribution < 1.29 is 9.59 Å². The summed E-state index contributed by atoms with van der Waals surface area (Å²) in [5.74, 6) is -0.459. The molecular weight excluding hydrogens is 332 g/mol. The van der Waals surface area contributed by atoms with E-state index in [1.807, 2.05) is 36.4 Å². The van der Waals surface area contributed by atoms with Crippen molar-refractivity contribution in [2.75, 3.05) is 11.4 Å². The number of amides is 2. The van der Waals surface area contributed by atoms with Crippen molar-refractivity contribution >= 4 is 28.8 Å². The van der Waals surface area contributed by atoms with Crippen molar-refractivity contribution in [2.24, 2.45) is 5.73 Å². The molecular formula is C20H16N2O2S. The van der Waals surface area contributed by atoms with Crippen LogP contribution in [-0.2, 0) is 0 Å². The highest BCUT2D eigenvalue weighted by Gasteiger charge is 2.34. The number of nitrogens with zero attached hydrogens (tertiary/aromatic N) is 1. The predicted molar refractivity (Wildman–Crippen MR) is 99.2 cm³/mol. The second-order valence-electron chi connectivity index (χ2n) is 6.00. The first-order valence-electron chi connectivity index (χ1n) is 7.99. The standard InChI is InChI=1S/C20H16N2O2S/c21-19(23)14-10-18(25-12-14)20(24)22-11-16(13-6-2-1-3-7-13)15-8-4-5-9-17(15)22/h1-10,12,16H,11H2,(H2,21,23)/t16-/m0/s1. The average molecular weight is 348 g/mol. The molecule has 0 saturated carbocycles. The molecule has 0 unspecified atom stereocenters. The van der Waals surface area contributed by atoms with Gasteiger partial charge >= 0.3 is 0 Å². The molecule has 2 aromatic carbocycles. The number of hydrogen-bond donors (Lipinski definition) is 1. The molecule has 2 N–H and O–H groups in total. The maximum absolute atomic E-state index is 13.0. The Morgan fingerprint density at radius 1 is 1.04 bits per heavy atom. The fourth-order valence-electron chi connectivity index (χ4n) is 3.28. The molecule has 0 bridgehead atoms. The minimum atomic E-state index is -0.515. The van der Waals surface area contributed by atoms with Gasteiger partial charge in [-0.05, 0) is 23.3 Å². The van der Waals surface area contributed by atoms with Crippen molar-refractivity contribution in [3.63, 3.8) is 0 Å². The van der Waals surface area contributed by atoms with Crippen LogP contribution in [0.4, 0.5) is 5.69 Å². The summed E-state index contributed by atoms with van der Waals surface area (Å²) in [7, 11) is 0. The Morgan fingerprint density at radius 2 is 1.76 bits per heavy atom.